The van der Waals surface area contributed by atoms with Gasteiger partial charge in [0.2, 0.25) is 3.79 Å². The fraction of sp³-hybridized carbons (Fsp3) is 0.773. The van der Waals surface area contributed by atoms with Crippen molar-refractivity contribution < 1.29 is 33.7 Å². The highest BCUT2D eigenvalue weighted by Crippen LogP contribution is 2.33. The van der Waals surface area contributed by atoms with Crippen molar-refractivity contribution >= 4 is 52.7 Å². The summed E-state index contributed by atoms with van der Waals surface area (Å²) in [6, 6.07) is 0. The van der Waals surface area contributed by atoms with Crippen LogP contribution in [0.3, 0.4) is 0 Å². The Morgan fingerprint density at radius 1 is 1.06 bits per heavy atom. The van der Waals surface area contributed by atoms with Crippen molar-refractivity contribution in [3.8, 4) is 0 Å². The topological polar surface area (TPSA) is 99.1 Å². The fourth-order valence-corrected chi connectivity index (χ4v) is 3.25. The lowest BCUT2D eigenvalue weighted by atomic mass is 9.73. The first-order valence-corrected chi connectivity index (χ1v) is 11.4. The number of alkyl halides is 3. The van der Waals surface area contributed by atoms with E-state index >= 15 is 0 Å². The van der Waals surface area contributed by atoms with Crippen LogP contribution in [0.4, 0.5) is 4.79 Å². The number of hydrogen-bond donors (Lipinski definition) is 1. The molecule has 0 spiro atoms. The Kier molecular flexibility index (Phi) is 12.0. The molecule has 0 heterocycles. The number of carbonyl (C=O) groups excluding carboxylic acids is 3. The molecule has 0 amide bonds. The third-order valence-corrected chi connectivity index (χ3v) is 5.17. The summed E-state index contributed by atoms with van der Waals surface area (Å²) < 4.78 is 13.6. The molecule has 186 valence electrons. The van der Waals surface area contributed by atoms with E-state index < -0.39 is 57.4 Å². The number of allylic oxidation sites excluding steroid dienone is 1. The second kappa shape index (κ2) is 12.4. The van der Waals surface area contributed by atoms with E-state index in [2.05, 4.69) is 6.58 Å². The molecule has 32 heavy (non-hydrogen) atoms. The molecular formula is C22H35Cl3O7. The zero-order chi connectivity index (χ0) is 25.5. The normalized spacial score (nSPS) is 16.3. The molecule has 0 fully saturated rings. The molecule has 0 saturated carbocycles. The van der Waals surface area contributed by atoms with Gasteiger partial charge >= 0.3 is 12.1 Å². The monoisotopic (exact) mass is 516 g/mol. The maximum atomic E-state index is 13.3. The lowest BCUT2D eigenvalue weighted by Gasteiger charge is -2.35. The van der Waals surface area contributed by atoms with Gasteiger partial charge in [-0.1, -0.05) is 68.6 Å². The van der Waals surface area contributed by atoms with Crippen molar-refractivity contribution in [3.05, 3.63) is 12.7 Å². The second-order valence-electron chi connectivity index (χ2n) is 9.42. The van der Waals surface area contributed by atoms with Crippen LogP contribution in [-0.2, 0) is 23.8 Å². The number of ether oxygens (including phenoxy) is 3. The van der Waals surface area contributed by atoms with Gasteiger partial charge in [0.25, 0.3) is 0 Å². The van der Waals surface area contributed by atoms with Gasteiger partial charge in [-0.2, -0.15) is 0 Å². The van der Waals surface area contributed by atoms with Crippen molar-refractivity contribution in [2.75, 3.05) is 6.61 Å². The number of carbonyl (C=O) groups is 3. The van der Waals surface area contributed by atoms with Crippen LogP contribution < -0.4 is 0 Å². The van der Waals surface area contributed by atoms with Crippen LogP contribution in [0.1, 0.15) is 61.3 Å². The quantitative estimate of drug-likeness (QED) is 0.222. The standard InChI is InChI=1S/C22H35Cl3O7/c1-9-10-13(2)17(31-19(29)30-12-22(23,24)25)14(3)18(28)21(7,8)15(26)11-16(27)32-20(4,5)6/h9,13-15,17,26H,1,10-12H2,2-8H3/t13-,14+,15-,17-/m0/s1. The lowest BCUT2D eigenvalue weighted by Crippen LogP contribution is -2.47. The van der Waals surface area contributed by atoms with E-state index in [1.54, 1.807) is 40.7 Å². The van der Waals surface area contributed by atoms with Crippen LogP contribution >= 0.6 is 34.8 Å². The highest BCUT2D eigenvalue weighted by Gasteiger charge is 2.44. The molecule has 0 bridgehead atoms. The van der Waals surface area contributed by atoms with E-state index in [0.717, 1.165) is 0 Å². The van der Waals surface area contributed by atoms with Crippen molar-refractivity contribution in [3.63, 3.8) is 0 Å². The van der Waals surface area contributed by atoms with Gasteiger partial charge in [-0.3, -0.25) is 9.59 Å². The van der Waals surface area contributed by atoms with Crippen LogP contribution in [0, 0.1) is 17.3 Å². The fourth-order valence-electron chi connectivity index (χ4n) is 3.09. The average Bonchev–Trinajstić information content (AvgIpc) is 2.61. The Labute approximate surface area is 205 Å². The van der Waals surface area contributed by atoms with E-state index in [0.29, 0.717) is 6.42 Å². The summed E-state index contributed by atoms with van der Waals surface area (Å²) >= 11 is 16.7. The Bertz CT molecular complexity index is 665. The van der Waals surface area contributed by atoms with Gasteiger partial charge in [-0.15, -0.1) is 6.58 Å². The molecule has 0 aromatic carbocycles. The Hall–Kier alpha value is -1.02. The maximum Gasteiger partial charge on any atom is 0.508 e. The molecular weight excluding hydrogens is 483 g/mol. The molecule has 7 nitrogen and oxygen atoms in total. The predicted octanol–water partition coefficient (Wildman–Crippen LogP) is 5.41. The smallest absolute Gasteiger partial charge is 0.460 e. The van der Waals surface area contributed by atoms with Crippen LogP contribution in [-0.4, -0.2) is 51.2 Å². The summed E-state index contributed by atoms with van der Waals surface area (Å²) in [5.74, 6) is -2.16. The van der Waals surface area contributed by atoms with Gasteiger partial charge in [-0.05, 0) is 33.1 Å². The Balaban J connectivity index is 5.47. The van der Waals surface area contributed by atoms with Crippen molar-refractivity contribution in [1.29, 1.82) is 0 Å². The van der Waals surface area contributed by atoms with E-state index in [1.165, 1.54) is 13.8 Å². The molecule has 0 aliphatic rings. The van der Waals surface area contributed by atoms with E-state index in [4.69, 9.17) is 49.0 Å². The van der Waals surface area contributed by atoms with Gasteiger partial charge in [0.1, 0.15) is 24.1 Å². The van der Waals surface area contributed by atoms with Gasteiger partial charge in [0.05, 0.1) is 23.9 Å². The molecule has 4 atom stereocenters. The Morgan fingerprint density at radius 2 is 1.59 bits per heavy atom. The van der Waals surface area contributed by atoms with E-state index in [9.17, 15) is 19.5 Å². The SMILES string of the molecule is C=CC[C@H](C)[C@H](OC(=O)OCC(Cl)(Cl)Cl)[C@@H](C)C(=O)C(C)(C)[C@@H](O)CC(=O)OC(C)(C)C. The summed E-state index contributed by atoms with van der Waals surface area (Å²) in [5.41, 5.74) is -2.04. The lowest BCUT2D eigenvalue weighted by molar-refractivity contribution is -0.160. The van der Waals surface area contributed by atoms with E-state index in [-0.39, 0.29) is 12.3 Å². The molecule has 0 aromatic rings. The summed E-state index contributed by atoms with van der Waals surface area (Å²) in [6.07, 6.45) is -1.59. The highest BCUT2D eigenvalue weighted by atomic mass is 35.6. The number of ketones is 1. The molecule has 10 heteroatoms. The van der Waals surface area contributed by atoms with Gasteiger partial charge in [-0.25, -0.2) is 4.79 Å². The summed E-state index contributed by atoms with van der Waals surface area (Å²) in [5, 5.41) is 10.6. The number of esters is 1. The zero-order valence-corrected chi connectivity index (χ0v) is 22.0. The number of halogens is 3. The first-order valence-electron chi connectivity index (χ1n) is 10.3. The molecule has 0 unspecified atom stereocenters. The van der Waals surface area contributed by atoms with Gasteiger partial charge in [0, 0.05) is 0 Å². The molecule has 0 aromatic heterocycles. The van der Waals surface area contributed by atoms with Crippen molar-refractivity contribution in [2.24, 2.45) is 17.3 Å². The number of Topliss-reactive ketones (excluding diaryl/α,β-unsaturated/α-hetero) is 1. The maximum absolute atomic E-state index is 13.3. The zero-order valence-electron chi connectivity index (χ0n) is 19.7. The molecule has 0 aliphatic carbocycles. The summed E-state index contributed by atoms with van der Waals surface area (Å²) in [6.45, 7) is 14.7. The predicted molar refractivity (Wildman–Crippen MR) is 125 cm³/mol. The number of aliphatic hydroxyl groups excluding tert-OH is 1. The van der Waals surface area contributed by atoms with Crippen LogP contribution in [0.5, 0.6) is 0 Å². The molecule has 0 radical (unpaired) electrons. The molecule has 1 N–H and O–H groups in total. The van der Waals surface area contributed by atoms with Gasteiger partial charge in [0.15, 0.2) is 0 Å². The minimum Gasteiger partial charge on any atom is -0.460 e. The number of aliphatic hydroxyl groups is 1. The average molecular weight is 518 g/mol. The van der Waals surface area contributed by atoms with Gasteiger partial charge < -0.3 is 19.3 Å². The molecule has 0 aliphatic heterocycles. The first-order chi connectivity index (χ1) is 14.3. The first kappa shape index (κ1) is 31.0. The molecule has 0 saturated heterocycles. The summed E-state index contributed by atoms with van der Waals surface area (Å²) in [7, 11) is 0. The minimum atomic E-state index is -1.81. The minimum absolute atomic E-state index is 0.300. The third-order valence-electron chi connectivity index (χ3n) is 4.84. The number of rotatable bonds is 11. The summed E-state index contributed by atoms with van der Waals surface area (Å²) in [4.78, 5) is 37.5. The van der Waals surface area contributed by atoms with Crippen LogP contribution in [0.2, 0.25) is 0 Å². The highest BCUT2D eigenvalue weighted by molar-refractivity contribution is 6.67. The van der Waals surface area contributed by atoms with Crippen LogP contribution in [0.25, 0.3) is 0 Å². The third kappa shape index (κ3) is 11.2. The van der Waals surface area contributed by atoms with E-state index in [1.807, 2.05) is 0 Å². The second-order valence-corrected chi connectivity index (χ2v) is 11.9. The largest absolute Gasteiger partial charge is 0.508 e. The van der Waals surface area contributed by atoms with Crippen molar-refractivity contribution in [2.45, 2.75) is 82.9 Å². The number of hydrogen-bond acceptors (Lipinski definition) is 7. The molecule has 0 rings (SSSR count). The van der Waals surface area contributed by atoms with Crippen molar-refractivity contribution in [1.82, 2.24) is 0 Å². The Morgan fingerprint density at radius 3 is 2.03 bits per heavy atom. The van der Waals surface area contributed by atoms with Crippen LogP contribution in [0.15, 0.2) is 12.7 Å².